The monoisotopic (exact) mass is 313 g/mol. The van der Waals surface area contributed by atoms with Crippen LogP contribution < -0.4 is 5.32 Å². The molecular weight excluding hydrogens is 305 g/mol. The van der Waals surface area contributed by atoms with Gasteiger partial charge in [0, 0.05) is 6.07 Å². The van der Waals surface area contributed by atoms with E-state index in [1.54, 1.807) is 18.2 Å². The lowest BCUT2D eigenvalue weighted by Gasteiger charge is -2.11. The Balaban J connectivity index is 2.28. The number of phenolic OH excluding ortho intramolecular Hbond substituents is 2. The summed E-state index contributed by atoms with van der Waals surface area (Å²) in [5.74, 6) is -0.152. The standard InChI is InChI=1S/C13H9Cl2NO2S/c14-9-2-1-3-10(12(9)15)16-13(19)8-5-4-7(17)6-11(8)18/h1-6,17-18H,(H,16,19). The van der Waals surface area contributed by atoms with Gasteiger partial charge in [-0.15, -0.1) is 0 Å². The number of hydrogen-bond acceptors (Lipinski definition) is 3. The number of nitrogens with one attached hydrogen (secondary N) is 1. The van der Waals surface area contributed by atoms with Crippen molar-refractivity contribution in [3.05, 3.63) is 52.0 Å². The van der Waals surface area contributed by atoms with Crippen molar-refractivity contribution in [2.75, 3.05) is 5.32 Å². The smallest absolute Gasteiger partial charge is 0.129 e. The average molecular weight is 314 g/mol. The zero-order chi connectivity index (χ0) is 14.0. The first-order valence-electron chi connectivity index (χ1n) is 5.26. The van der Waals surface area contributed by atoms with Gasteiger partial charge in [0.2, 0.25) is 0 Å². The molecule has 0 fully saturated rings. The number of hydrogen-bond donors (Lipinski definition) is 3. The third-order valence-corrected chi connectivity index (χ3v) is 3.57. The SMILES string of the molecule is Oc1ccc(C(=S)Nc2cccc(Cl)c2Cl)c(O)c1. The van der Waals surface area contributed by atoms with Gasteiger partial charge < -0.3 is 15.5 Å². The van der Waals surface area contributed by atoms with Crippen LogP contribution in [0.1, 0.15) is 5.56 Å². The minimum atomic E-state index is -0.115. The summed E-state index contributed by atoms with van der Waals surface area (Å²) >= 11 is 17.1. The highest BCUT2D eigenvalue weighted by Gasteiger charge is 2.11. The second-order valence-corrected chi connectivity index (χ2v) is 4.95. The van der Waals surface area contributed by atoms with Crippen LogP contribution in [0.4, 0.5) is 5.69 Å². The molecule has 0 aromatic heterocycles. The molecule has 19 heavy (non-hydrogen) atoms. The number of phenols is 2. The van der Waals surface area contributed by atoms with Crippen LogP contribution >= 0.6 is 35.4 Å². The highest BCUT2D eigenvalue weighted by Crippen LogP contribution is 2.31. The summed E-state index contributed by atoms with van der Waals surface area (Å²) in [4.78, 5) is 0.279. The van der Waals surface area contributed by atoms with Crippen molar-refractivity contribution in [1.29, 1.82) is 0 Å². The average Bonchev–Trinajstić information content (AvgIpc) is 2.34. The minimum Gasteiger partial charge on any atom is -0.508 e. The van der Waals surface area contributed by atoms with Gasteiger partial charge in [0.05, 0.1) is 21.3 Å². The van der Waals surface area contributed by atoms with E-state index in [0.29, 0.717) is 21.3 Å². The van der Waals surface area contributed by atoms with Crippen molar-refractivity contribution in [3.8, 4) is 11.5 Å². The lowest BCUT2D eigenvalue weighted by Crippen LogP contribution is -2.11. The van der Waals surface area contributed by atoms with E-state index in [4.69, 9.17) is 35.4 Å². The van der Waals surface area contributed by atoms with Gasteiger partial charge in [0.25, 0.3) is 0 Å². The Morgan fingerprint density at radius 3 is 2.53 bits per heavy atom. The fourth-order valence-corrected chi connectivity index (χ4v) is 2.13. The number of rotatable bonds is 2. The molecular formula is C13H9Cl2NO2S. The topological polar surface area (TPSA) is 52.5 Å². The molecule has 0 saturated carbocycles. The molecule has 98 valence electrons. The molecule has 0 radical (unpaired) electrons. The summed E-state index contributed by atoms with van der Waals surface area (Å²) in [6.45, 7) is 0. The summed E-state index contributed by atoms with van der Waals surface area (Å²) < 4.78 is 0. The lowest BCUT2D eigenvalue weighted by atomic mass is 10.2. The van der Waals surface area contributed by atoms with E-state index in [9.17, 15) is 10.2 Å². The van der Waals surface area contributed by atoms with Gasteiger partial charge in [0.15, 0.2) is 0 Å². The van der Waals surface area contributed by atoms with E-state index in [1.165, 1.54) is 18.2 Å². The molecule has 6 heteroatoms. The van der Waals surface area contributed by atoms with E-state index in [0.717, 1.165) is 0 Å². The lowest BCUT2D eigenvalue weighted by molar-refractivity contribution is 0.450. The predicted octanol–water partition coefficient (Wildman–Crippen LogP) is 4.19. The van der Waals surface area contributed by atoms with Gasteiger partial charge in [-0.2, -0.15) is 0 Å². The van der Waals surface area contributed by atoms with Crippen LogP contribution in [-0.2, 0) is 0 Å². The third-order valence-electron chi connectivity index (χ3n) is 2.43. The number of aromatic hydroxyl groups is 2. The van der Waals surface area contributed by atoms with E-state index in [1.807, 2.05) is 0 Å². The van der Waals surface area contributed by atoms with Crippen molar-refractivity contribution in [2.24, 2.45) is 0 Å². The first kappa shape index (κ1) is 13.9. The second kappa shape index (κ2) is 5.65. The molecule has 0 bridgehead atoms. The molecule has 3 nitrogen and oxygen atoms in total. The van der Waals surface area contributed by atoms with E-state index in [-0.39, 0.29) is 16.5 Å². The molecule has 0 saturated heterocycles. The predicted molar refractivity (Wildman–Crippen MR) is 81.6 cm³/mol. The van der Waals surface area contributed by atoms with Crippen molar-refractivity contribution in [1.82, 2.24) is 0 Å². The zero-order valence-corrected chi connectivity index (χ0v) is 11.9. The van der Waals surface area contributed by atoms with Gasteiger partial charge in [0.1, 0.15) is 16.5 Å². The minimum absolute atomic E-state index is 0.0372. The van der Waals surface area contributed by atoms with Gasteiger partial charge in [-0.25, -0.2) is 0 Å². The maximum Gasteiger partial charge on any atom is 0.129 e. The van der Waals surface area contributed by atoms with E-state index >= 15 is 0 Å². The Morgan fingerprint density at radius 1 is 1.11 bits per heavy atom. The van der Waals surface area contributed by atoms with Crippen LogP contribution in [0, 0.1) is 0 Å². The van der Waals surface area contributed by atoms with Crippen LogP contribution in [0.3, 0.4) is 0 Å². The second-order valence-electron chi connectivity index (χ2n) is 3.76. The first-order valence-corrected chi connectivity index (χ1v) is 6.43. The van der Waals surface area contributed by atoms with Gasteiger partial charge in [-0.1, -0.05) is 41.5 Å². The molecule has 0 heterocycles. The maximum absolute atomic E-state index is 9.72. The van der Waals surface area contributed by atoms with Crippen molar-refractivity contribution >= 4 is 46.1 Å². The first-order chi connectivity index (χ1) is 8.99. The van der Waals surface area contributed by atoms with Crippen LogP contribution in [0.15, 0.2) is 36.4 Å². The zero-order valence-electron chi connectivity index (χ0n) is 9.52. The van der Waals surface area contributed by atoms with Crippen LogP contribution in [0.2, 0.25) is 10.0 Å². The molecule has 0 atom stereocenters. The highest BCUT2D eigenvalue weighted by molar-refractivity contribution is 7.81. The van der Waals surface area contributed by atoms with E-state index in [2.05, 4.69) is 5.32 Å². The Bertz CT molecular complexity index is 647. The molecule has 0 unspecified atom stereocenters. The molecule has 2 aromatic carbocycles. The number of benzene rings is 2. The quantitative estimate of drug-likeness (QED) is 0.728. The Hall–Kier alpha value is -1.49. The summed E-state index contributed by atoms with van der Waals surface area (Å²) in [5, 5.41) is 22.6. The molecule has 0 aliphatic heterocycles. The number of anilines is 1. The number of halogens is 2. The molecule has 0 amide bonds. The molecule has 0 aliphatic rings. The largest absolute Gasteiger partial charge is 0.508 e. The summed E-state index contributed by atoms with van der Waals surface area (Å²) in [6.07, 6.45) is 0. The maximum atomic E-state index is 9.72. The summed E-state index contributed by atoms with van der Waals surface area (Å²) in [5.41, 5.74) is 0.940. The fourth-order valence-electron chi connectivity index (χ4n) is 1.50. The van der Waals surface area contributed by atoms with Gasteiger partial charge >= 0.3 is 0 Å². The summed E-state index contributed by atoms with van der Waals surface area (Å²) in [7, 11) is 0. The Kier molecular flexibility index (Phi) is 4.14. The fraction of sp³-hybridized carbons (Fsp3) is 0. The molecule has 3 N–H and O–H groups in total. The van der Waals surface area contributed by atoms with Crippen LogP contribution in [0.5, 0.6) is 11.5 Å². The normalized spacial score (nSPS) is 10.2. The summed E-state index contributed by atoms with van der Waals surface area (Å²) in [6, 6.07) is 9.27. The molecule has 0 aliphatic carbocycles. The Morgan fingerprint density at radius 2 is 1.84 bits per heavy atom. The van der Waals surface area contributed by atoms with Crippen molar-refractivity contribution < 1.29 is 10.2 Å². The van der Waals surface area contributed by atoms with Crippen molar-refractivity contribution in [3.63, 3.8) is 0 Å². The molecule has 0 spiro atoms. The van der Waals surface area contributed by atoms with Crippen LogP contribution in [-0.4, -0.2) is 15.2 Å². The van der Waals surface area contributed by atoms with Crippen LogP contribution in [0.25, 0.3) is 0 Å². The van der Waals surface area contributed by atoms with E-state index < -0.39 is 0 Å². The molecule has 2 aromatic rings. The molecule has 2 rings (SSSR count). The third kappa shape index (κ3) is 3.10. The van der Waals surface area contributed by atoms with Gasteiger partial charge in [-0.05, 0) is 24.3 Å². The highest BCUT2D eigenvalue weighted by atomic mass is 35.5. The van der Waals surface area contributed by atoms with Crippen molar-refractivity contribution in [2.45, 2.75) is 0 Å². The Labute approximate surface area is 125 Å². The van der Waals surface area contributed by atoms with Gasteiger partial charge in [-0.3, -0.25) is 0 Å². The number of thiocarbonyl (C=S) groups is 1.